The molecule has 0 spiro atoms. The van der Waals surface area contributed by atoms with Gasteiger partial charge < -0.3 is 9.84 Å². The smallest absolute Gasteiger partial charge is 0.330 e. The van der Waals surface area contributed by atoms with Crippen molar-refractivity contribution in [3.05, 3.63) is 72.9 Å². The third-order valence-corrected chi connectivity index (χ3v) is 3.71. The molecule has 0 aromatic heterocycles. The third kappa shape index (κ3) is 20.0. The van der Waals surface area contributed by atoms with Gasteiger partial charge in [-0.1, -0.05) is 112 Å². The van der Waals surface area contributed by atoms with Crippen molar-refractivity contribution in [3.8, 4) is 0 Å². The van der Waals surface area contributed by atoms with Crippen LogP contribution in [0.25, 0.3) is 0 Å². The number of ether oxygens (including phenoxy) is 1. The van der Waals surface area contributed by atoms with Crippen molar-refractivity contribution in [2.75, 3.05) is 6.61 Å². The van der Waals surface area contributed by atoms with Gasteiger partial charge in [0.05, 0.1) is 12.7 Å². The van der Waals surface area contributed by atoms with E-state index >= 15 is 0 Å². The number of rotatable bonds is 15. The number of hydrogen-bond donors (Lipinski definition) is 1. The Hall–Kier alpha value is -2.13. The van der Waals surface area contributed by atoms with Gasteiger partial charge in [0.15, 0.2) is 0 Å². The highest BCUT2D eigenvalue weighted by molar-refractivity contribution is 5.82. The fourth-order valence-electron chi connectivity index (χ4n) is 2.26. The topological polar surface area (TPSA) is 46.5 Å². The molecule has 0 radical (unpaired) electrons. The number of esters is 1. The second-order valence-corrected chi connectivity index (χ2v) is 6.16. The summed E-state index contributed by atoms with van der Waals surface area (Å²) in [7, 11) is 0. The highest BCUT2D eigenvalue weighted by atomic mass is 16.5. The first-order valence-electron chi connectivity index (χ1n) is 10.1. The molecule has 0 aromatic carbocycles. The molecule has 1 unspecified atom stereocenters. The molecule has 1 atom stereocenters. The fraction of sp³-hybridized carbons (Fsp3) is 0.458. The van der Waals surface area contributed by atoms with Crippen LogP contribution in [0.4, 0.5) is 0 Å². The van der Waals surface area contributed by atoms with Crippen LogP contribution in [0.15, 0.2) is 72.9 Å². The Morgan fingerprint density at radius 1 is 0.778 bits per heavy atom. The van der Waals surface area contributed by atoms with E-state index in [9.17, 15) is 9.90 Å². The first-order chi connectivity index (χ1) is 13.2. The van der Waals surface area contributed by atoms with Crippen molar-refractivity contribution in [1.82, 2.24) is 0 Å². The van der Waals surface area contributed by atoms with E-state index in [4.69, 9.17) is 4.74 Å². The van der Waals surface area contributed by atoms with E-state index in [1.54, 1.807) is 19.1 Å². The zero-order valence-corrected chi connectivity index (χ0v) is 16.9. The summed E-state index contributed by atoms with van der Waals surface area (Å²) in [5, 5.41) is 9.87. The molecule has 3 nitrogen and oxygen atoms in total. The van der Waals surface area contributed by atoms with Crippen LogP contribution in [0.5, 0.6) is 0 Å². The predicted molar refractivity (Wildman–Crippen MR) is 115 cm³/mol. The minimum Gasteiger partial charge on any atom is -0.463 e. The molecule has 0 fully saturated rings. The maximum Gasteiger partial charge on any atom is 0.330 e. The van der Waals surface area contributed by atoms with Gasteiger partial charge in [0.1, 0.15) is 0 Å². The fourth-order valence-corrected chi connectivity index (χ4v) is 2.26. The molecule has 0 aliphatic rings. The molecule has 0 amide bonds. The van der Waals surface area contributed by atoms with Crippen molar-refractivity contribution >= 4 is 5.97 Å². The van der Waals surface area contributed by atoms with Gasteiger partial charge in [-0.15, -0.1) is 0 Å². The second kappa shape index (κ2) is 20.2. The Kier molecular flexibility index (Phi) is 18.6. The van der Waals surface area contributed by atoms with E-state index in [0.29, 0.717) is 6.61 Å². The molecule has 0 rings (SSSR count). The lowest BCUT2D eigenvalue weighted by Gasteiger charge is -2.04. The molecule has 3 heteroatoms. The van der Waals surface area contributed by atoms with Crippen LogP contribution < -0.4 is 0 Å². The number of allylic oxidation sites excluding steroid dienone is 10. The van der Waals surface area contributed by atoms with Gasteiger partial charge in [0.2, 0.25) is 0 Å². The number of carbonyl (C=O) groups excluding carboxylic acids is 1. The Balaban J connectivity index is 3.81. The molecular weight excluding hydrogens is 336 g/mol. The van der Waals surface area contributed by atoms with Gasteiger partial charge in [-0.2, -0.15) is 0 Å². The van der Waals surface area contributed by atoms with Crippen LogP contribution in [-0.2, 0) is 9.53 Å². The van der Waals surface area contributed by atoms with Gasteiger partial charge in [-0.25, -0.2) is 4.79 Å². The van der Waals surface area contributed by atoms with Gasteiger partial charge in [-0.3, -0.25) is 0 Å². The minimum atomic E-state index is -0.350. The molecule has 0 aliphatic heterocycles. The first-order valence-corrected chi connectivity index (χ1v) is 10.1. The van der Waals surface area contributed by atoms with Crippen molar-refractivity contribution in [3.63, 3.8) is 0 Å². The Morgan fingerprint density at radius 2 is 1.30 bits per heavy atom. The molecule has 0 aliphatic carbocycles. The maximum absolute atomic E-state index is 11.0. The highest BCUT2D eigenvalue weighted by Gasteiger charge is 1.97. The second-order valence-electron chi connectivity index (χ2n) is 6.16. The van der Waals surface area contributed by atoms with Gasteiger partial charge in [0.25, 0.3) is 0 Å². The number of unbranched alkanes of at least 4 members (excludes halogenated alkanes) is 5. The predicted octanol–water partition coefficient (Wildman–Crippen LogP) is 6.00. The van der Waals surface area contributed by atoms with Crippen LogP contribution in [-0.4, -0.2) is 23.8 Å². The summed E-state index contributed by atoms with van der Waals surface area (Å²) >= 11 is 0. The maximum atomic E-state index is 11.0. The lowest BCUT2D eigenvalue weighted by atomic mass is 10.1. The summed E-state index contributed by atoms with van der Waals surface area (Å²) in [6, 6.07) is 0. The molecular formula is C24H36O3. The molecule has 1 N–H and O–H groups in total. The van der Waals surface area contributed by atoms with E-state index in [0.717, 1.165) is 12.8 Å². The van der Waals surface area contributed by atoms with Gasteiger partial charge in [0, 0.05) is 6.08 Å². The number of aliphatic hydroxyl groups is 1. The largest absolute Gasteiger partial charge is 0.463 e. The highest BCUT2D eigenvalue weighted by Crippen LogP contribution is 2.09. The van der Waals surface area contributed by atoms with Crippen LogP contribution in [0.1, 0.15) is 58.8 Å². The Bertz CT molecular complexity index is 522. The average Bonchev–Trinajstić information content (AvgIpc) is 2.65. The molecule has 0 heterocycles. The monoisotopic (exact) mass is 372 g/mol. The zero-order chi connectivity index (χ0) is 20.0. The first kappa shape index (κ1) is 24.9. The van der Waals surface area contributed by atoms with E-state index in [-0.39, 0.29) is 12.1 Å². The van der Waals surface area contributed by atoms with Gasteiger partial charge >= 0.3 is 5.97 Å². The molecule has 150 valence electrons. The summed E-state index contributed by atoms with van der Waals surface area (Å²) < 4.78 is 4.77. The average molecular weight is 373 g/mol. The van der Waals surface area contributed by atoms with Crippen LogP contribution in [0, 0.1) is 0 Å². The summed E-state index contributed by atoms with van der Waals surface area (Å²) in [5.41, 5.74) is 0. The Labute approximate surface area is 165 Å². The van der Waals surface area contributed by atoms with Crippen molar-refractivity contribution in [2.45, 2.75) is 64.9 Å². The van der Waals surface area contributed by atoms with Gasteiger partial charge in [-0.05, 0) is 13.3 Å². The zero-order valence-electron chi connectivity index (χ0n) is 16.9. The normalized spacial score (nSPS) is 14.0. The van der Waals surface area contributed by atoms with Crippen LogP contribution in [0.3, 0.4) is 0 Å². The Morgan fingerprint density at radius 3 is 1.89 bits per heavy atom. The number of carbonyl (C=O) groups is 1. The summed E-state index contributed by atoms with van der Waals surface area (Å²) in [6.07, 6.45) is 29.8. The van der Waals surface area contributed by atoms with Crippen LogP contribution in [0.2, 0.25) is 0 Å². The van der Waals surface area contributed by atoms with Crippen molar-refractivity contribution < 1.29 is 14.6 Å². The van der Waals surface area contributed by atoms with E-state index in [1.165, 1.54) is 38.2 Å². The standard InChI is InChI=1S/C24H36O3/c1-3-5-6-7-14-17-20-23(25)21-18-15-12-10-8-9-11-13-16-19-22-24(26)27-4-2/h8-13,15-16,18-19,21-23,25H,3-7,14,17,20H2,1-2H3/b10-8+,11-9+,15-12+,16-13+,21-18+,22-19+. The molecule has 0 saturated carbocycles. The van der Waals surface area contributed by atoms with Crippen molar-refractivity contribution in [2.24, 2.45) is 0 Å². The lowest BCUT2D eigenvalue weighted by Crippen LogP contribution is -2.01. The molecule has 27 heavy (non-hydrogen) atoms. The van der Waals surface area contributed by atoms with E-state index < -0.39 is 0 Å². The molecule has 0 saturated heterocycles. The summed E-state index contributed by atoms with van der Waals surface area (Å²) in [6.45, 7) is 4.39. The van der Waals surface area contributed by atoms with E-state index in [2.05, 4.69) is 6.92 Å². The lowest BCUT2D eigenvalue weighted by molar-refractivity contribution is -0.137. The van der Waals surface area contributed by atoms with Crippen LogP contribution >= 0.6 is 0 Å². The molecule has 0 aromatic rings. The quantitative estimate of drug-likeness (QED) is 0.166. The molecule has 0 bridgehead atoms. The third-order valence-electron chi connectivity index (χ3n) is 3.71. The van der Waals surface area contributed by atoms with E-state index in [1.807, 2.05) is 54.7 Å². The SMILES string of the molecule is CCCCCCCCC(O)/C=C/C=C/C=C/C=C/C=C/C=C/C(=O)OCC. The van der Waals surface area contributed by atoms with Crippen molar-refractivity contribution in [1.29, 1.82) is 0 Å². The summed E-state index contributed by atoms with van der Waals surface area (Å²) in [5.74, 6) is -0.332. The number of aliphatic hydroxyl groups excluding tert-OH is 1. The minimum absolute atomic E-state index is 0.332. The number of hydrogen-bond acceptors (Lipinski definition) is 3. The summed E-state index contributed by atoms with van der Waals surface area (Å²) in [4.78, 5) is 11.0.